The van der Waals surface area contributed by atoms with Crippen LogP contribution >= 0.6 is 0 Å². The zero-order valence-corrected chi connectivity index (χ0v) is 12.7. The maximum absolute atomic E-state index is 12.3. The summed E-state index contributed by atoms with van der Waals surface area (Å²) in [6.07, 6.45) is 7.39. The molecular weight excluding hydrogens is 264 g/mol. The number of hydrogen-bond acceptors (Lipinski definition) is 3. The molecule has 0 bridgehead atoms. The first-order valence-corrected chi connectivity index (χ1v) is 8.46. The van der Waals surface area contributed by atoms with E-state index in [1.807, 2.05) is 0 Å². The van der Waals surface area contributed by atoms with E-state index in [1.165, 1.54) is 0 Å². The number of carbonyl (C=O) groups excluding carboxylic acids is 2. The molecule has 1 N–H and O–H groups in total. The third-order valence-corrected chi connectivity index (χ3v) is 7.06. The lowest BCUT2D eigenvalue weighted by molar-refractivity contribution is -0.132. The molecule has 3 nitrogen and oxygen atoms in total. The van der Waals surface area contributed by atoms with Gasteiger partial charge in [-0.2, -0.15) is 0 Å². The Balaban J connectivity index is 1.68. The molecule has 0 aromatic heterocycles. The molecule has 0 heterocycles. The molecule has 4 rings (SSSR count). The summed E-state index contributed by atoms with van der Waals surface area (Å²) in [5.41, 5.74) is 0.868. The summed E-state index contributed by atoms with van der Waals surface area (Å²) in [7, 11) is 0. The molecule has 0 saturated heterocycles. The minimum atomic E-state index is -0.460. The monoisotopic (exact) mass is 288 g/mol. The fourth-order valence-electron chi connectivity index (χ4n) is 5.95. The minimum absolute atomic E-state index is 0.132. The van der Waals surface area contributed by atoms with Crippen LogP contribution in [0.2, 0.25) is 0 Å². The fraction of sp³-hybridized carbons (Fsp3) is 0.778. The van der Waals surface area contributed by atoms with Crippen molar-refractivity contribution in [2.24, 2.45) is 29.1 Å². The second-order valence-corrected chi connectivity index (χ2v) is 7.86. The highest BCUT2D eigenvalue weighted by Gasteiger charge is 2.57. The Kier molecular flexibility index (Phi) is 2.94. The average Bonchev–Trinajstić information content (AvgIpc) is 2.76. The van der Waals surface area contributed by atoms with Gasteiger partial charge in [0, 0.05) is 18.3 Å². The quantitative estimate of drug-likeness (QED) is 0.745. The van der Waals surface area contributed by atoms with Crippen LogP contribution in [0.3, 0.4) is 0 Å². The van der Waals surface area contributed by atoms with E-state index in [0.29, 0.717) is 35.9 Å². The van der Waals surface area contributed by atoms with Gasteiger partial charge in [-0.15, -0.1) is 0 Å². The van der Waals surface area contributed by atoms with Crippen LogP contribution < -0.4 is 0 Å². The smallest absolute Gasteiger partial charge is 0.155 e. The number of rotatable bonds is 0. The topological polar surface area (TPSA) is 54.4 Å². The van der Waals surface area contributed by atoms with Crippen LogP contribution in [-0.4, -0.2) is 22.8 Å². The predicted molar refractivity (Wildman–Crippen MR) is 78.5 cm³/mol. The van der Waals surface area contributed by atoms with Crippen molar-refractivity contribution < 1.29 is 14.7 Å². The van der Waals surface area contributed by atoms with Gasteiger partial charge in [-0.1, -0.05) is 6.92 Å². The Morgan fingerprint density at radius 1 is 1.14 bits per heavy atom. The second-order valence-electron chi connectivity index (χ2n) is 7.86. The molecule has 3 heteroatoms. The van der Waals surface area contributed by atoms with Crippen LogP contribution in [0.1, 0.15) is 51.9 Å². The zero-order chi connectivity index (χ0) is 14.8. The molecule has 0 spiro atoms. The highest BCUT2D eigenvalue weighted by molar-refractivity contribution is 5.91. The predicted octanol–water partition coefficient (Wildman–Crippen LogP) is 2.67. The van der Waals surface area contributed by atoms with Crippen molar-refractivity contribution in [3.05, 3.63) is 11.6 Å². The Hall–Kier alpha value is -0.960. The molecule has 0 amide bonds. The summed E-state index contributed by atoms with van der Waals surface area (Å²) in [6.45, 7) is 2.16. The number of ketones is 2. The number of fused-ring (bicyclic) bond motifs is 5. The van der Waals surface area contributed by atoms with E-state index in [0.717, 1.165) is 44.1 Å². The minimum Gasteiger partial charge on any atom is -0.389 e. The molecule has 6 atom stereocenters. The molecule has 3 saturated carbocycles. The van der Waals surface area contributed by atoms with Gasteiger partial charge in [0.1, 0.15) is 5.78 Å². The number of carbonyl (C=O) groups is 2. The van der Waals surface area contributed by atoms with E-state index >= 15 is 0 Å². The first-order chi connectivity index (χ1) is 10.0. The largest absolute Gasteiger partial charge is 0.389 e. The van der Waals surface area contributed by atoms with Gasteiger partial charge < -0.3 is 5.11 Å². The Morgan fingerprint density at radius 3 is 2.76 bits per heavy atom. The number of Topliss-reactive ketones (excluding diaryl/α,β-unsaturated/α-hetero) is 1. The number of aliphatic hydroxyl groups is 1. The summed E-state index contributed by atoms with van der Waals surface area (Å²) in [4.78, 5) is 24.0. The Labute approximate surface area is 125 Å². The van der Waals surface area contributed by atoms with Crippen LogP contribution in [0.15, 0.2) is 11.6 Å². The van der Waals surface area contributed by atoms with Gasteiger partial charge in [0.2, 0.25) is 0 Å². The van der Waals surface area contributed by atoms with Gasteiger partial charge >= 0.3 is 0 Å². The van der Waals surface area contributed by atoms with Crippen LogP contribution in [0.25, 0.3) is 0 Å². The zero-order valence-electron chi connectivity index (χ0n) is 12.7. The molecule has 3 fully saturated rings. The highest BCUT2D eigenvalue weighted by Crippen LogP contribution is 2.60. The van der Waals surface area contributed by atoms with E-state index in [4.69, 9.17) is 0 Å². The lowest BCUT2D eigenvalue weighted by Gasteiger charge is -2.53. The van der Waals surface area contributed by atoms with Crippen molar-refractivity contribution in [2.75, 3.05) is 0 Å². The van der Waals surface area contributed by atoms with Gasteiger partial charge in [0.15, 0.2) is 5.78 Å². The molecule has 0 aromatic rings. The molecule has 1 unspecified atom stereocenters. The first-order valence-electron chi connectivity index (χ1n) is 8.46. The molecular formula is C18H24O3. The molecule has 114 valence electrons. The number of aliphatic hydroxyl groups excluding tert-OH is 1. The van der Waals surface area contributed by atoms with Crippen molar-refractivity contribution in [3.63, 3.8) is 0 Å². The lowest BCUT2D eigenvalue weighted by atomic mass is 9.52. The second kappa shape index (κ2) is 4.52. The summed E-state index contributed by atoms with van der Waals surface area (Å²) < 4.78 is 0. The van der Waals surface area contributed by atoms with Gasteiger partial charge in [-0.25, -0.2) is 0 Å². The molecule has 0 aliphatic heterocycles. The van der Waals surface area contributed by atoms with E-state index in [9.17, 15) is 14.7 Å². The highest BCUT2D eigenvalue weighted by atomic mass is 16.3. The molecule has 4 aliphatic rings. The van der Waals surface area contributed by atoms with E-state index < -0.39 is 6.10 Å². The maximum atomic E-state index is 12.3. The van der Waals surface area contributed by atoms with Crippen LogP contribution in [0.4, 0.5) is 0 Å². The Morgan fingerprint density at radius 2 is 1.95 bits per heavy atom. The molecule has 21 heavy (non-hydrogen) atoms. The summed E-state index contributed by atoms with van der Waals surface area (Å²) >= 11 is 0. The molecule has 4 aliphatic carbocycles. The molecule has 0 radical (unpaired) electrons. The SMILES string of the molecule is C[C@]12CCC3[C@@H](C[C@H](O)C4=CC(=O)CC[C@@H]43)[C@@H]1CCC2=O. The maximum Gasteiger partial charge on any atom is 0.155 e. The van der Waals surface area contributed by atoms with Crippen molar-refractivity contribution in [2.45, 2.75) is 58.0 Å². The normalized spacial score (nSPS) is 49.2. The van der Waals surface area contributed by atoms with E-state index in [-0.39, 0.29) is 11.2 Å². The standard InChI is InChI=1S/C18H24O3/c1-18-7-6-12-11-3-2-10(19)8-14(11)16(20)9-13(12)15(18)4-5-17(18)21/h8,11-13,15-16,20H,2-7,9H2,1H3/t11-,12?,13-,15+,16+,18+/m1/s1. The molecule has 0 aromatic carbocycles. The van der Waals surface area contributed by atoms with Gasteiger partial charge in [-0.3, -0.25) is 9.59 Å². The van der Waals surface area contributed by atoms with Crippen molar-refractivity contribution in [1.82, 2.24) is 0 Å². The fourth-order valence-corrected chi connectivity index (χ4v) is 5.95. The number of hydrogen-bond donors (Lipinski definition) is 1. The summed E-state index contributed by atoms with van der Waals surface area (Å²) in [6, 6.07) is 0. The van der Waals surface area contributed by atoms with Crippen LogP contribution in [0.5, 0.6) is 0 Å². The third-order valence-electron chi connectivity index (χ3n) is 7.06. The Bertz CT molecular complexity index is 535. The summed E-state index contributed by atoms with van der Waals surface area (Å²) in [5, 5.41) is 10.5. The van der Waals surface area contributed by atoms with Gasteiger partial charge in [0.05, 0.1) is 6.10 Å². The van der Waals surface area contributed by atoms with Crippen molar-refractivity contribution in [1.29, 1.82) is 0 Å². The average molecular weight is 288 g/mol. The van der Waals surface area contributed by atoms with Gasteiger partial charge in [-0.05, 0) is 67.4 Å². The van der Waals surface area contributed by atoms with Crippen molar-refractivity contribution >= 4 is 11.6 Å². The van der Waals surface area contributed by atoms with E-state index in [1.54, 1.807) is 6.08 Å². The third kappa shape index (κ3) is 1.82. The van der Waals surface area contributed by atoms with Crippen molar-refractivity contribution in [3.8, 4) is 0 Å². The lowest BCUT2D eigenvalue weighted by Crippen LogP contribution is -2.49. The van der Waals surface area contributed by atoms with Crippen LogP contribution in [-0.2, 0) is 9.59 Å². The van der Waals surface area contributed by atoms with Gasteiger partial charge in [0.25, 0.3) is 0 Å². The van der Waals surface area contributed by atoms with Crippen LogP contribution in [0, 0.1) is 29.1 Å². The first kappa shape index (κ1) is 13.7. The summed E-state index contributed by atoms with van der Waals surface area (Å²) in [5.74, 6) is 2.52. The van der Waals surface area contributed by atoms with E-state index in [2.05, 4.69) is 6.92 Å².